The van der Waals surface area contributed by atoms with E-state index in [1.165, 1.54) is 17.1 Å². The Labute approximate surface area is 160 Å². The van der Waals surface area contributed by atoms with Crippen molar-refractivity contribution in [3.8, 4) is 0 Å². The monoisotopic (exact) mass is 388 g/mol. The molecule has 0 saturated carbocycles. The van der Waals surface area contributed by atoms with Gasteiger partial charge in [-0.15, -0.1) is 11.3 Å². The first kappa shape index (κ1) is 18.4. The van der Waals surface area contributed by atoms with E-state index in [-0.39, 0.29) is 23.1 Å². The Hall–Kier alpha value is -2.44. The normalized spacial score (nSPS) is 10.7. The van der Waals surface area contributed by atoms with Gasteiger partial charge in [-0.2, -0.15) is 0 Å². The van der Waals surface area contributed by atoms with Crippen molar-refractivity contribution in [2.45, 2.75) is 20.4 Å². The number of ether oxygens (including phenoxy) is 1. The first-order chi connectivity index (χ1) is 12.5. The Morgan fingerprint density at radius 3 is 2.73 bits per heavy atom. The van der Waals surface area contributed by atoms with Crippen molar-refractivity contribution >= 4 is 34.7 Å². The maximum absolute atomic E-state index is 12.5. The lowest BCUT2D eigenvalue weighted by atomic mass is 10.1. The number of aromatic nitrogens is 2. The van der Waals surface area contributed by atoms with Crippen LogP contribution < -0.4 is 0 Å². The van der Waals surface area contributed by atoms with Crippen LogP contribution in [0.4, 0.5) is 0 Å². The quantitative estimate of drug-likeness (QED) is 0.359. The van der Waals surface area contributed by atoms with E-state index in [9.17, 15) is 9.59 Å². The third-order valence-corrected chi connectivity index (χ3v) is 5.24. The summed E-state index contributed by atoms with van der Waals surface area (Å²) in [4.78, 5) is 29.6. The van der Waals surface area contributed by atoms with E-state index in [1.54, 1.807) is 17.4 Å². The fraction of sp³-hybridized carbons (Fsp3) is 0.211. The fourth-order valence-corrected chi connectivity index (χ4v) is 3.60. The predicted octanol–water partition coefficient (Wildman–Crippen LogP) is 4.30. The molecule has 0 aliphatic rings. The number of thiophene rings is 1. The zero-order valence-corrected chi connectivity index (χ0v) is 15.9. The zero-order chi connectivity index (χ0) is 18.7. The maximum Gasteiger partial charge on any atom is 0.341 e. The standard InChI is InChI=1S/C19H17ClN2O3S/c1-12-9-16(13(2)22(12)10-14-5-4-8-26-14)17(23)11-25-19(24)15-6-3-7-21-18(15)20/h3-9H,10-11H2,1-2H3. The number of hydrogen-bond acceptors (Lipinski definition) is 5. The van der Waals surface area contributed by atoms with Crippen molar-refractivity contribution < 1.29 is 14.3 Å². The van der Waals surface area contributed by atoms with Crippen LogP contribution in [0.1, 0.15) is 37.0 Å². The number of Topliss-reactive ketones (excluding diaryl/α,β-unsaturated/α-hetero) is 1. The molecule has 0 aliphatic carbocycles. The second-order valence-corrected chi connectivity index (χ2v) is 7.18. The highest BCUT2D eigenvalue weighted by Gasteiger charge is 2.19. The number of hydrogen-bond donors (Lipinski definition) is 0. The van der Waals surface area contributed by atoms with Gasteiger partial charge in [-0.05, 0) is 43.5 Å². The topological polar surface area (TPSA) is 61.2 Å². The summed E-state index contributed by atoms with van der Waals surface area (Å²) < 4.78 is 7.20. The second-order valence-electron chi connectivity index (χ2n) is 5.79. The minimum atomic E-state index is -0.663. The van der Waals surface area contributed by atoms with Crippen molar-refractivity contribution in [2.75, 3.05) is 6.61 Å². The molecule has 0 amide bonds. The number of aryl methyl sites for hydroxylation is 1. The SMILES string of the molecule is Cc1cc(C(=O)COC(=O)c2cccnc2Cl)c(C)n1Cc1cccs1. The molecular formula is C19H17ClN2O3S. The Bertz CT molecular complexity index is 948. The average molecular weight is 389 g/mol. The molecule has 3 aromatic heterocycles. The van der Waals surface area contributed by atoms with E-state index >= 15 is 0 Å². The zero-order valence-electron chi connectivity index (χ0n) is 14.4. The Morgan fingerprint density at radius 2 is 2.04 bits per heavy atom. The Kier molecular flexibility index (Phi) is 5.54. The van der Waals surface area contributed by atoms with Gasteiger partial charge in [-0.1, -0.05) is 17.7 Å². The summed E-state index contributed by atoms with van der Waals surface area (Å²) in [7, 11) is 0. The van der Waals surface area contributed by atoms with E-state index < -0.39 is 5.97 Å². The Morgan fingerprint density at radius 1 is 1.23 bits per heavy atom. The molecule has 0 fully saturated rings. The number of carbonyl (C=O) groups is 2. The van der Waals surface area contributed by atoms with Crippen molar-refractivity contribution in [1.29, 1.82) is 0 Å². The molecule has 0 atom stereocenters. The van der Waals surface area contributed by atoms with Gasteiger partial charge in [0.2, 0.25) is 5.78 Å². The highest BCUT2D eigenvalue weighted by atomic mass is 35.5. The van der Waals surface area contributed by atoms with Crippen LogP contribution in [0.5, 0.6) is 0 Å². The van der Waals surface area contributed by atoms with E-state index in [1.807, 2.05) is 31.4 Å². The number of ketones is 1. The Balaban J connectivity index is 1.70. The second kappa shape index (κ2) is 7.85. The van der Waals surface area contributed by atoms with Crippen LogP contribution in [0.2, 0.25) is 5.15 Å². The smallest absolute Gasteiger partial charge is 0.341 e. The van der Waals surface area contributed by atoms with E-state index in [0.29, 0.717) is 12.1 Å². The molecule has 0 N–H and O–H groups in total. The summed E-state index contributed by atoms with van der Waals surface area (Å²) in [5.74, 6) is -0.910. The molecule has 0 saturated heterocycles. The molecule has 0 aliphatic heterocycles. The lowest BCUT2D eigenvalue weighted by molar-refractivity contribution is 0.0474. The minimum absolute atomic E-state index is 0.0547. The summed E-state index contributed by atoms with van der Waals surface area (Å²) >= 11 is 7.54. The average Bonchev–Trinajstić information content (AvgIpc) is 3.23. The predicted molar refractivity (Wildman–Crippen MR) is 101 cm³/mol. The fourth-order valence-electron chi connectivity index (χ4n) is 2.71. The minimum Gasteiger partial charge on any atom is -0.454 e. The molecule has 3 aromatic rings. The number of rotatable bonds is 6. The van der Waals surface area contributed by atoms with Crippen LogP contribution in [-0.4, -0.2) is 27.9 Å². The molecule has 0 bridgehead atoms. The number of pyridine rings is 1. The molecule has 26 heavy (non-hydrogen) atoms. The van der Waals surface area contributed by atoms with Gasteiger partial charge in [0.05, 0.1) is 12.1 Å². The summed E-state index contributed by atoms with van der Waals surface area (Å²) in [6, 6.07) is 8.99. The van der Waals surface area contributed by atoms with Gasteiger partial charge >= 0.3 is 5.97 Å². The third-order valence-electron chi connectivity index (χ3n) is 4.08. The van der Waals surface area contributed by atoms with Crippen LogP contribution in [0, 0.1) is 13.8 Å². The first-order valence-corrected chi connectivity index (χ1v) is 9.23. The van der Waals surface area contributed by atoms with Gasteiger partial charge in [-0.25, -0.2) is 9.78 Å². The summed E-state index contributed by atoms with van der Waals surface area (Å²) in [5, 5.41) is 2.08. The van der Waals surface area contributed by atoms with Crippen LogP contribution in [-0.2, 0) is 11.3 Å². The van der Waals surface area contributed by atoms with E-state index in [0.717, 1.165) is 11.4 Å². The van der Waals surface area contributed by atoms with Crippen LogP contribution >= 0.6 is 22.9 Å². The van der Waals surface area contributed by atoms with Gasteiger partial charge in [0, 0.05) is 28.0 Å². The van der Waals surface area contributed by atoms with Gasteiger partial charge in [0.15, 0.2) is 6.61 Å². The number of carbonyl (C=O) groups excluding carboxylic acids is 2. The van der Waals surface area contributed by atoms with Crippen LogP contribution in [0.25, 0.3) is 0 Å². The molecule has 5 nitrogen and oxygen atoms in total. The maximum atomic E-state index is 12.5. The summed E-state index contributed by atoms with van der Waals surface area (Å²) in [5.41, 5.74) is 2.55. The van der Waals surface area contributed by atoms with Crippen molar-refractivity contribution in [2.24, 2.45) is 0 Å². The lowest BCUT2D eigenvalue weighted by Crippen LogP contribution is -2.15. The lowest BCUT2D eigenvalue weighted by Gasteiger charge is -2.08. The number of halogens is 1. The van der Waals surface area contributed by atoms with Gasteiger partial charge in [0.1, 0.15) is 5.15 Å². The molecular weight excluding hydrogens is 372 g/mol. The number of esters is 1. The van der Waals surface area contributed by atoms with Crippen molar-refractivity contribution in [3.63, 3.8) is 0 Å². The molecule has 0 unspecified atom stereocenters. The van der Waals surface area contributed by atoms with Gasteiger partial charge in [-0.3, -0.25) is 4.79 Å². The highest BCUT2D eigenvalue weighted by molar-refractivity contribution is 7.09. The van der Waals surface area contributed by atoms with Crippen LogP contribution in [0.3, 0.4) is 0 Å². The van der Waals surface area contributed by atoms with Gasteiger partial charge in [0.25, 0.3) is 0 Å². The summed E-state index contributed by atoms with van der Waals surface area (Å²) in [6.45, 7) is 4.23. The van der Waals surface area contributed by atoms with Crippen LogP contribution in [0.15, 0.2) is 41.9 Å². The molecule has 0 aromatic carbocycles. The van der Waals surface area contributed by atoms with E-state index in [4.69, 9.17) is 16.3 Å². The third kappa shape index (κ3) is 3.86. The summed E-state index contributed by atoms with van der Waals surface area (Å²) in [6.07, 6.45) is 1.48. The molecule has 134 valence electrons. The van der Waals surface area contributed by atoms with Gasteiger partial charge < -0.3 is 9.30 Å². The molecule has 3 rings (SSSR count). The highest BCUT2D eigenvalue weighted by Crippen LogP contribution is 2.20. The first-order valence-electron chi connectivity index (χ1n) is 7.97. The number of nitrogens with zero attached hydrogens (tertiary/aromatic N) is 2. The molecule has 7 heteroatoms. The van der Waals surface area contributed by atoms with Crippen molar-refractivity contribution in [1.82, 2.24) is 9.55 Å². The van der Waals surface area contributed by atoms with Crippen molar-refractivity contribution in [3.05, 3.63) is 74.5 Å². The molecule has 0 radical (unpaired) electrons. The molecule has 0 spiro atoms. The largest absolute Gasteiger partial charge is 0.454 e. The van der Waals surface area contributed by atoms with E-state index in [2.05, 4.69) is 15.6 Å². The molecule has 3 heterocycles.